The van der Waals surface area contributed by atoms with Crippen molar-refractivity contribution < 1.29 is 19.1 Å². The summed E-state index contributed by atoms with van der Waals surface area (Å²) in [7, 11) is 1.61. The molecule has 9 heteroatoms. The molecule has 2 aromatic rings. The van der Waals surface area contributed by atoms with Gasteiger partial charge in [0.15, 0.2) is 0 Å². The average Bonchev–Trinajstić information content (AvgIpc) is 3.33. The van der Waals surface area contributed by atoms with E-state index in [1.165, 1.54) is 0 Å². The SMILES string of the molecule is COc1ccc(C2=NC(c3ccc(C)cc3)C(C3C=CC(Cl)=CC3)N2C(=O)N2CCNC(=O)C2)c(OC(C)C)c1. The summed E-state index contributed by atoms with van der Waals surface area (Å²) < 4.78 is 11.7. The Bertz CT molecular complexity index is 1370. The molecule has 0 aromatic heterocycles. The summed E-state index contributed by atoms with van der Waals surface area (Å²) in [5, 5.41) is 3.49. The quantitative estimate of drug-likeness (QED) is 0.524. The van der Waals surface area contributed by atoms with Crippen molar-refractivity contribution in [3.63, 3.8) is 0 Å². The lowest BCUT2D eigenvalue weighted by Crippen LogP contribution is -2.57. The molecule has 8 nitrogen and oxygen atoms in total. The third-order valence-corrected chi connectivity index (χ3v) is 7.64. The number of nitrogens with one attached hydrogen (secondary N) is 1. The lowest BCUT2D eigenvalue weighted by molar-refractivity contribution is -0.123. The third-order valence-electron chi connectivity index (χ3n) is 7.36. The lowest BCUT2D eigenvalue weighted by atomic mass is 9.85. The van der Waals surface area contributed by atoms with Gasteiger partial charge >= 0.3 is 6.03 Å². The summed E-state index contributed by atoms with van der Waals surface area (Å²) in [6.07, 6.45) is 6.48. The molecule has 2 heterocycles. The first-order chi connectivity index (χ1) is 19.2. The molecule has 0 saturated carbocycles. The highest BCUT2D eigenvalue weighted by atomic mass is 35.5. The number of nitrogens with zero attached hydrogens (tertiary/aromatic N) is 3. The van der Waals surface area contributed by atoms with Gasteiger partial charge in [0.25, 0.3) is 0 Å². The molecular formula is C31H35ClN4O4. The van der Waals surface area contributed by atoms with Crippen molar-refractivity contribution in [2.24, 2.45) is 10.9 Å². The van der Waals surface area contributed by atoms with Crippen LogP contribution in [-0.2, 0) is 4.79 Å². The number of allylic oxidation sites excluding steroid dienone is 3. The zero-order chi connectivity index (χ0) is 28.4. The molecule has 1 N–H and O–H groups in total. The van der Waals surface area contributed by atoms with E-state index in [2.05, 4.69) is 35.7 Å². The fourth-order valence-corrected chi connectivity index (χ4v) is 5.58. The number of ether oxygens (including phenoxy) is 2. The molecule has 2 aliphatic heterocycles. The van der Waals surface area contributed by atoms with Gasteiger partial charge in [-0.25, -0.2) is 4.79 Å². The van der Waals surface area contributed by atoms with Gasteiger partial charge in [0, 0.05) is 30.1 Å². The van der Waals surface area contributed by atoms with Gasteiger partial charge < -0.3 is 19.7 Å². The molecule has 1 aliphatic carbocycles. The number of aryl methyl sites for hydroxylation is 1. The van der Waals surface area contributed by atoms with E-state index >= 15 is 0 Å². The summed E-state index contributed by atoms with van der Waals surface area (Å²) in [5.41, 5.74) is 2.84. The van der Waals surface area contributed by atoms with Crippen LogP contribution in [0, 0.1) is 12.8 Å². The van der Waals surface area contributed by atoms with Crippen LogP contribution in [0.4, 0.5) is 4.79 Å². The lowest BCUT2D eigenvalue weighted by Gasteiger charge is -2.38. The molecule has 3 amide bonds. The summed E-state index contributed by atoms with van der Waals surface area (Å²) in [5.74, 6) is 1.51. The van der Waals surface area contributed by atoms with Crippen LogP contribution in [0.3, 0.4) is 0 Å². The average molecular weight is 563 g/mol. The molecule has 3 atom stereocenters. The number of methoxy groups -OCH3 is 1. The zero-order valence-electron chi connectivity index (χ0n) is 23.3. The van der Waals surface area contributed by atoms with Crippen molar-refractivity contribution in [3.8, 4) is 11.5 Å². The fraction of sp³-hybridized carbons (Fsp3) is 0.387. The van der Waals surface area contributed by atoms with Crippen LogP contribution in [0.25, 0.3) is 0 Å². The van der Waals surface area contributed by atoms with E-state index in [4.69, 9.17) is 26.1 Å². The monoisotopic (exact) mass is 562 g/mol. The minimum absolute atomic E-state index is 0.00523. The van der Waals surface area contributed by atoms with Crippen molar-refractivity contribution in [2.75, 3.05) is 26.7 Å². The summed E-state index contributed by atoms with van der Waals surface area (Å²) in [6.45, 7) is 6.77. The molecule has 5 rings (SSSR count). The predicted molar refractivity (Wildman–Crippen MR) is 156 cm³/mol. The smallest absolute Gasteiger partial charge is 0.326 e. The Labute approximate surface area is 240 Å². The van der Waals surface area contributed by atoms with Crippen LogP contribution in [0.2, 0.25) is 0 Å². The van der Waals surface area contributed by atoms with Crippen LogP contribution in [0.5, 0.6) is 11.5 Å². The third kappa shape index (κ3) is 5.72. The van der Waals surface area contributed by atoms with E-state index in [0.717, 1.165) is 11.1 Å². The number of carbonyl (C=O) groups excluding carboxylic acids is 2. The molecule has 3 aliphatic rings. The summed E-state index contributed by atoms with van der Waals surface area (Å²) in [4.78, 5) is 35.3. The summed E-state index contributed by atoms with van der Waals surface area (Å²) in [6, 6.07) is 12.9. The van der Waals surface area contributed by atoms with E-state index in [0.29, 0.717) is 47.4 Å². The molecule has 1 fully saturated rings. The molecule has 40 heavy (non-hydrogen) atoms. The first-order valence-corrected chi connectivity index (χ1v) is 14.0. The molecule has 210 valence electrons. The summed E-state index contributed by atoms with van der Waals surface area (Å²) >= 11 is 6.30. The van der Waals surface area contributed by atoms with Crippen molar-refractivity contribution >= 4 is 29.4 Å². The Morgan fingerprint density at radius 2 is 1.95 bits per heavy atom. The second kappa shape index (κ2) is 11.8. The molecule has 2 aromatic carbocycles. The van der Waals surface area contributed by atoms with E-state index in [9.17, 15) is 9.59 Å². The van der Waals surface area contributed by atoms with Gasteiger partial charge in [-0.15, -0.1) is 0 Å². The number of benzene rings is 2. The van der Waals surface area contributed by atoms with Gasteiger partial charge in [0.05, 0.1) is 30.9 Å². The fourth-order valence-electron chi connectivity index (χ4n) is 5.42. The number of hydrogen-bond donors (Lipinski definition) is 1. The highest BCUT2D eigenvalue weighted by Crippen LogP contribution is 2.42. The highest BCUT2D eigenvalue weighted by Gasteiger charge is 2.47. The van der Waals surface area contributed by atoms with E-state index < -0.39 is 0 Å². The maximum Gasteiger partial charge on any atom is 0.326 e. The molecule has 0 bridgehead atoms. The van der Waals surface area contributed by atoms with Gasteiger partial charge in [0.2, 0.25) is 5.91 Å². The second-order valence-electron chi connectivity index (χ2n) is 10.6. The van der Waals surface area contributed by atoms with Crippen molar-refractivity contribution in [3.05, 3.63) is 82.4 Å². The predicted octanol–water partition coefficient (Wildman–Crippen LogP) is 5.21. The molecule has 1 saturated heterocycles. The highest BCUT2D eigenvalue weighted by molar-refractivity contribution is 6.31. The molecule has 0 radical (unpaired) electrons. The van der Waals surface area contributed by atoms with Crippen molar-refractivity contribution in [1.29, 1.82) is 0 Å². The van der Waals surface area contributed by atoms with Gasteiger partial charge in [0.1, 0.15) is 23.9 Å². The van der Waals surface area contributed by atoms with Gasteiger partial charge in [-0.1, -0.05) is 53.6 Å². The Morgan fingerprint density at radius 3 is 2.60 bits per heavy atom. The van der Waals surface area contributed by atoms with E-state index in [-0.39, 0.29) is 42.6 Å². The van der Waals surface area contributed by atoms with Gasteiger partial charge in [-0.05, 0) is 51.0 Å². The number of amides is 3. The number of piperazine rings is 1. The van der Waals surface area contributed by atoms with E-state index in [1.807, 2.05) is 51.1 Å². The minimum atomic E-state index is -0.346. The van der Waals surface area contributed by atoms with Crippen molar-refractivity contribution in [1.82, 2.24) is 15.1 Å². The van der Waals surface area contributed by atoms with Crippen LogP contribution in [0.15, 0.2) is 70.7 Å². The number of halogens is 1. The Morgan fingerprint density at radius 1 is 1.18 bits per heavy atom. The van der Waals surface area contributed by atoms with Crippen LogP contribution >= 0.6 is 11.6 Å². The molecule has 3 unspecified atom stereocenters. The first kappa shape index (κ1) is 27.8. The number of urea groups is 1. The minimum Gasteiger partial charge on any atom is -0.497 e. The van der Waals surface area contributed by atoms with Crippen LogP contribution < -0.4 is 14.8 Å². The normalized spacial score (nSPS) is 22.6. The van der Waals surface area contributed by atoms with Crippen molar-refractivity contribution in [2.45, 2.75) is 45.4 Å². The zero-order valence-corrected chi connectivity index (χ0v) is 24.0. The van der Waals surface area contributed by atoms with Crippen LogP contribution in [0.1, 0.15) is 43.0 Å². The largest absolute Gasteiger partial charge is 0.497 e. The maximum atomic E-state index is 14.4. The standard InChI is InChI=1S/C31H35ClN4O4/c1-19(2)40-26-17-24(39-4)13-14-25(26)30-34-28(21-7-5-20(3)6-8-21)29(22-9-11-23(32)12-10-22)36(30)31(38)35-16-15-33-27(37)18-35/h5-9,11-14,17,19,22,28-29H,10,15-16,18H2,1-4H3,(H,33,37). The topological polar surface area (TPSA) is 83.5 Å². The number of rotatable bonds is 6. The van der Waals surface area contributed by atoms with Crippen LogP contribution in [-0.4, -0.2) is 66.5 Å². The number of carbonyl (C=O) groups is 2. The number of aliphatic imine (C=N–C) groups is 1. The Hall–Kier alpha value is -3.78. The van der Waals surface area contributed by atoms with E-state index in [1.54, 1.807) is 16.9 Å². The number of hydrogen-bond acceptors (Lipinski definition) is 5. The molecular weight excluding hydrogens is 528 g/mol. The number of amidine groups is 1. The first-order valence-electron chi connectivity index (χ1n) is 13.6. The van der Waals surface area contributed by atoms with Gasteiger partial charge in [-0.3, -0.25) is 14.7 Å². The van der Waals surface area contributed by atoms with Gasteiger partial charge in [-0.2, -0.15) is 0 Å². The second-order valence-corrected chi connectivity index (χ2v) is 11.0. The Balaban J connectivity index is 1.67. The maximum absolute atomic E-state index is 14.4. The Kier molecular flexibility index (Phi) is 8.17. The molecule has 0 spiro atoms.